The van der Waals surface area contributed by atoms with Crippen LogP contribution in [0.1, 0.15) is 30.9 Å². The van der Waals surface area contributed by atoms with Crippen LogP contribution in [-0.4, -0.2) is 12.5 Å². The highest BCUT2D eigenvalue weighted by Gasteiger charge is 2.20. The van der Waals surface area contributed by atoms with E-state index in [4.69, 9.17) is 10.00 Å². The Balaban J connectivity index is 2.17. The maximum atomic E-state index is 11.5. The van der Waals surface area contributed by atoms with Gasteiger partial charge >= 0.3 is 0 Å². The fraction of sp³-hybridized carbons (Fsp3) is 0.385. The first kappa shape index (κ1) is 11.5. The van der Waals surface area contributed by atoms with Crippen molar-refractivity contribution >= 4 is 5.91 Å². The van der Waals surface area contributed by atoms with Crippen LogP contribution in [0.3, 0.4) is 0 Å². The Bertz CT molecular complexity index is 451. The molecule has 1 N–H and O–H groups in total. The molecule has 1 atom stereocenters. The van der Waals surface area contributed by atoms with Gasteiger partial charge in [0.2, 0.25) is 5.91 Å². The maximum Gasteiger partial charge on any atom is 0.234 e. The van der Waals surface area contributed by atoms with Crippen LogP contribution in [0.2, 0.25) is 0 Å². The van der Waals surface area contributed by atoms with Gasteiger partial charge in [0, 0.05) is 5.56 Å². The molecule has 0 aliphatic carbocycles. The third kappa shape index (κ3) is 2.76. The molecule has 0 bridgehead atoms. The molecule has 1 aromatic carbocycles. The SMILES string of the molecule is N#CCC(=O)NC1CCCOc2ccccc21. The van der Waals surface area contributed by atoms with Gasteiger partial charge in [-0.3, -0.25) is 4.79 Å². The Morgan fingerprint density at radius 3 is 3.18 bits per heavy atom. The van der Waals surface area contributed by atoms with Gasteiger partial charge in [0.15, 0.2) is 0 Å². The van der Waals surface area contributed by atoms with Gasteiger partial charge in [-0.1, -0.05) is 18.2 Å². The summed E-state index contributed by atoms with van der Waals surface area (Å²) in [7, 11) is 0. The van der Waals surface area contributed by atoms with Gasteiger partial charge in [-0.05, 0) is 18.9 Å². The fourth-order valence-corrected chi connectivity index (χ4v) is 1.99. The molecule has 2 rings (SSSR count). The highest BCUT2D eigenvalue weighted by atomic mass is 16.5. The van der Waals surface area contributed by atoms with E-state index in [1.807, 2.05) is 30.3 Å². The van der Waals surface area contributed by atoms with E-state index < -0.39 is 0 Å². The van der Waals surface area contributed by atoms with Crippen molar-refractivity contribution in [2.75, 3.05) is 6.61 Å². The molecule has 0 saturated heterocycles. The number of hydrogen-bond donors (Lipinski definition) is 1. The van der Waals surface area contributed by atoms with Crippen molar-refractivity contribution in [2.45, 2.75) is 25.3 Å². The fourth-order valence-electron chi connectivity index (χ4n) is 1.99. The van der Waals surface area contributed by atoms with E-state index in [1.54, 1.807) is 0 Å². The van der Waals surface area contributed by atoms with Gasteiger partial charge in [-0.2, -0.15) is 5.26 Å². The lowest BCUT2D eigenvalue weighted by Gasteiger charge is -2.17. The first-order valence-corrected chi connectivity index (χ1v) is 5.69. The molecule has 17 heavy (non-hydrogen) atoms. The van der Waals surface area contributed by atoms with E-state index in [9.17, 15) is 4.79 Å². The van der Waals surface area contributed by atoms with Crippen LogP contribution in [0.25, 0.3) is 0 Å². The molecule has 4 heteroatoms. The quantitative estimate of drug-likeness (QED) is 0.844. The molecule has 88 valence electrons. The van der Waals surface area contributed by atoms with Crippen LogP contribution < -0.4 is 10.1 Å². The Morgan fingerprint density at radius 2 is 2.35 bits per heavy atom. The molecule has 0 spiro atoms. The van der Waals surface area contributed by atoms with E-state index in [1.165, 1.54) is 0 Å². The van der Waals surface area contributed by atoms with Crippen molar-refractivity contribution in [3.63, 3.8) is 0 Å². The van der Waals surface area contributed by atoms with Gasteiger partial charge in [0.05, 0.1) is 18.7 Å². The minimum Gasteiger partial charge on any atom is -0.493 e. The summed E-state index contributed by atoms with van der Waals surface area (Å²) in [6, 6.07) is 9.51. The van der Waals surface area contributed by atoms with Gasteiger partial charge in [0.25, 0.3) is 0 Å². The molecule has 1 aliphatic rings. The Labute approximate surface area is 100 Å². The second-order valence-electron chi connectivity index (χ2n) is 3.98. The molecule has 0 fully saturated rings. The predicted molar refractivity (Wildman–Crippen MR) is 62.3 cm³/mol. The van der Waals surface area contributed by atoms with Crippen LogP contribution in [0.4, 0.5) is 0 Å². The molecule has 1 amide bonds. The van der Waals surface area contributed by atoms with Crippen molar-refractivity contribution in [1.29, 1.82) is 5.26 Å². The third-order valence-corrected chi connectivity index (χ3v) is 2.76. The topological polar surface area (TPSA) is 62.1 Å². The standard InChI is InChI=1S/C13H14N2O2/c14-8-7-13(16)15-11-5-3-9-17-12-6-2-1-4-10(11)12/h1-2,4,6,11H,3,5,7,9H2,(H,15,16). The van der Waals surface area contributed by atoms with Crippen molar-refractivity contribution in [2.24, 2.45) is 0 Å². The number of hydrogen-bond acceptors (Lipinski definition) is 3. The average Bonchev–Trinajstić information content (AvgIpc) is 2.53. The average molecular weight is 230 g/mol. The summed E-state index contributed by atoms with van der Waals surface area (Å²) in [5.74, 6) is 0.599. The van der Waals surface area contributed by atoms with Crippen LogP contribution in [0, 0.1) is 11.3 Å². The monoisotopic (exact) mass is 230 g/mol. The maximum absolute atomic E-state index is 11.5. The molecule has 0 radical (unpaired) electrons. The predicted octanol–water partition coefficient (Wildman–Crippen LogP) is 1.93. The molecular formula is C13H14N2O2. The highest BCUT2D eigenvalue weighted by Crippen LogP contribution is 2.30. The third-order valence-electron chi connectivity index (χ3n) is 2.76. The van der Waals surface area contributed by atoms with Crippen molar-refractivity contribution < 1.29 is 9.53 Å². The first-order valence-electron chi connectivity index (χ1n) is 5.69. The molecule has 1 heterocycles. The molecule has 4 nitrogen and oxygen atoms in total. The lowest BCUT2D eigenvalue weighted by molar-refractivity contribution is -0.120. The number of ether oxygens (including phenoxy) is 1. The summed E-state index contributed by atoms with van der Waals surface area (Å²) in [5, 5.41) is 11.4. The molecule has 1 aromatic rings. The zero-order valence-corrected chi connectivity index (χ0v) is 9.48. The number of carbonyl (C=O) groups excluding carboxylic acids is 1. The van der Waals surface area contributed by atoms with Crippen LogP contribution in [0.5, 0.6) is 5.75 Å². The van der Waals surface area contributed by atoms with Gasteiger partial charge < -0.3 is 10.1 Å². The van der Waals surface area contributed by atoms with Gasteiger partial charge in [-0.15, -0.1) is 0 Å². The number of nitrogens with zero attached hydrogens (tertiary/aromatic N) is 1. The molecule has 1 aliphatic heterocycles. The number of carbonyl (C=O) groups is 1. The van der Waals surface area contributed by atoms with E-state index in [0.717, 1.165) is 24.2 Å². The summed E-state index contributed by atoms with van der Waals surface area (Å²) >= 11 is 0. The number of rotatable bonds is 2. The molecule has 1 unspecified atom stereocenters. The molecular weight excluding hydrogens is 216 g/mol. The summed E-state index contributed by atoms with van der Waals surface area (Å²) in [4.78, 5) is 11.5. The van der Waals surface area contributed by atoms with Crippen molar-refractivity contribution in [3.05, 3.63) is 29.8 Å². The summed E-state index contributed by atoms with van der Waals surface area (Å²) < 4.78 is 5.60. The van der Waals surface area contributed by atoms with Gasteiger partial charge in [-0.25, -0.2) is 0 Å². The minimum atomic E-state index is -0.228. The highest BCUT2D eigenvalue weighted by molar-refractivity contribution is 5.78. The summed E-state index contributed by atoms with van der Waals surface area (Å²) in [5.41, 5.74) is 0.997. The van der Waals surface area contributed by atoms with E-state index >= 15 is 0 Å². The second-order valence-corrected chi connectivity index (χ2v) is 3.98. The zero-order valence-electron chi connectivity index (χ0n) is 9.48. The molecule has 0 saturated carbocycles. The van der Waals surface area contributed by atoms with Crippen molar-refractivity contribution in [3.8, 4) is 11.8 Å². The van der Waals surface area contributed by atoms with Crippen LogP contribution >= 0.6 is 0 Å². The van der Waals surface area contributed by atoms with Crippen molar-refractivity contribution in [1.82, 2.24) is 5.32 Å². The second kappa shape index (κ2) is 5.35. The number of nitrogens with one attached hydrogen (secondary N) is 1. The smallest absolute Gasteiger partial charge is 0.234 e. The number of fused-ring (bicyclic) bond motifs is 1. The molecule has 0 aromatic heterocycles. The van der Waals surface area contributed by atoms with E-state index in [2.05, 4.69) is 5.32 Å². The van der Waals surface area contributed by atoms with E-state index in [-0.39, 0.29) is 18.4 Å². The largest absolute Gasteiger partial charge is 0.493 e. The Kier molecular flexibility index (Phi) is 3.61. The van der Waals surface area contributed by atoms with Gasteiger partial charge in [0.1, 0.15) is 12.2 Å². The Hall–Kier alpha value is -2.02. The number of benzene rings is 1. The Morgan fingerprint density at radius 1 is 1.53 bits per heavy atom. The van der Waals surface area contributed by atoms with Crippen LogP contribution in [-0.2, 0) is 4.79 Å². The number of amides is 1. The summed E-state index contributed by atoms with van der Waals surface area (Å²) in [6.45, 7) is 0.668. The summed E-state index contributed by atoms with van der Waals surface area (Å²) in [6.07, 6.45) is 1.64. The zero-order chi connectivity index (χ0) is 12.1. The lowest BCUT2D eigenvalue weighted by atomic mass is 10.0. The first-order chi connectivity index (χ1) is 8.31. The normalized spacial score (nSPS) is 18.2. The van der Waals surface area contributed by atoms with E-state index in [0.29, 0.717) is 6.61 Å². The lowest BCUT2D eigenvalue weighted by Crippen LogP contribution is -2.27. The number of nitriles is 1. The minimum absolute atomic E-state index is 0.0467. The van der Waals surface area contributed by atoms with Crippen LogP contribution in [0.15, 0.2) is 24.3 Å². The number of para-hydroxylation sites is 1.